The summed E-state index contributed by atoms with van der Waals surface area (Å²) in [4.78, 5) is 0. The summed E-state index contributed by atoms with van der Waals surface area (Å²) in [5.74, 6) is 0.547. The Bertz CT molecular complexity index is 503. The Morgan fingerprint density at radius 1 is 1.33 bits per heavy atom. The maximum absolute atomic E-state index is 6.17. The highest BCUT2D eigenvalue weighted by Gasteiger charge is 2.12. The maximum atomic E-state index is 6.17. The molecule has 4 heteroatoms. The first-order chi connectivity index (χ1) is 7.11. The van der Waals surface area contributed by atoms with Crippen molar-refractivity contribution in [2.24, 2.45) is 0 Å². The fourth-order valence-corrected chi connectivity index (χ4v) is 1.92. The van der Waals surface area contributed by atoms with Crippen LogP contribution in [-0.4, -0.2) is 10.2 Å². The average molecular weight is 222 g/mol. The minimum absolute atomic E-state index is 0.547. The van der Waals surface area contributed by atoms with Gasteiger partial charge in [-0.25, -0.2) is 0 Å². The van der Waals surface area contributed by atoms with Gasteiger partial charge in [-0.1, -0.05) is 17.7 Å². The zero-order chi connectivity index (χ0) is 11.0. The summed E-state index contributed by atoms with van der Waals surface area (Å²) >= 11 is 6.17. The Balaban J connectivity index is 2.72. The second kappa shape index (κ2) is 3.59. The van der Waals surface area contributed by atoms with Crippen molar-refractivity contribution in [3.05, 3.63) is 34.5 Å². The number of nitrogens with two attached hydrogens (primary N) is 1. The van der Waals surface area contributed by atoms with E-state index in [1.165, 1.54) is 5.56 Å². The predicted octanol–water partition coefficient (Wildman–Crippen LogP) is 2.93. The topological polar surface area (TPSA) is 54.7 Å². The lowest BCUT2D eigenvalue weighted by Gasteiger charge is -2.09. The third kappa shape index (κ3) is 1.59. The molecular formula is C11H12ClN3. The number of aromatic amines is 1. The Labute approximate surface area is 93.3 Å². The molecule has 0 fully saturated rings. The van der Waals surface area contributed by atoms with Crippen LogP contribution in [0, 0.1) is 13.8 Å². The number of H-pyrrole nitrogens is 1. The number of benzene rings is 1. The van der Waals surface area contributed by atoms with Crippen molar-refractivity contribution in [2.75, 3.05) is 5.73 Å². The van der Waals surface area contributed by atoms with Gasteiger partial charge in [0, 0.05) is 16.1 Å². The molecule has 2 aromatic rings. The van der Waals surface area contributed by atoms with Crippen molar-refractivity contribution in [2.45, 2.75) is 13.8 Å². The van der Waals surface area contributed by atoms with Gasteiger partial charge < -0.3 is 5.73 Å². The van der Waals surface area contributed by atoms with Gasteiger partial charge in [0.25, 0.3) is 0 Å². The molecule has 2 rings (SSSR count). The van der Waals surface area contributed by atoms with Crippen molar-refractivity contribution in [1.82, 2.24) is 10.2 Å². The number of nitrogen functional groups attached to an aromatic ring is 1. The van der Waals surface area contributed by atoms with E-state index in [1.807, 2.05) is 26.0 Å². The van der Waals surface area contributed by atoms with Crippen LogP contribution < -0.4 is 5.73 Å². The van der Waals surface area contributed by atoms with Gasteiger partial charge in [0.05, 0.1) is 6.20 Å². The predicted molar refractivity (Wildman–Crippen MR) is 62.9 cm³/mol. The van der Waals surface area contributed by atoms with Gasteiger partial charge >= 0.3 is 0 Å². The van der Waals surface area contributed by atoms with E-state index >= 15 is 0 Å². The number of aromatic nitrogens is 2. The molecule has 1 heterocycles. The molecule has 1 aromatic carbocycles. The average Bonchev–Trinajstić information content (AvgIpc) is 2.60. The SMILES string of the molecule is Cc1ccc(Cl)c(-c2cn[nH]c2N)c1C. The normalized spacial score (nSPS) is 10.6. The van der Waals surface area contributed by atoms with Gasteiger partial charge in [-0.15, -0.1) is 0 Å². The van der Waals surface area contributed by atoms with Crippen molar-refractivity contribution < 1.29 is 0 Å². The summed E-state index contributed by atoms with van der Waals surface area (Å²) < 4.78 is 0. The van der Waals surface area contributed by atoms with Crippen LogP contribution in [0.15, 0.2) is 18.3 Å². The fraction of sp³-hybridized carbons (Fsp3) is 0.182. The minimum Gasteiger partial charge on any atom is -0.384 e. The number of rotatable bonds is 1. The third-order valence-corrected chi connectivity index (χ3v) is 2.94. The molecule has 0 saturated carbocycles. The van der Waals surface area contributed by atoms with Crippen LogP contribution in [0.1, 0.15) is 11.1 Å². The van der Waals surface area contributed by atoms with Gasteiger partial charge in [-0.05, 0) is 31.0 Å². The molecule has 3 N–H and O–H groups in total. The van der Waals surface area contributed by atoms with Crippen molar-refractivity contribution >= 4 is 17.4 Å². The van der Waals surface area contributed by atoms with Gasteiger partial charge in [-0.2, -0.15) is 5.10 Å². The lowest BCUT2D eigenvalue weighted by Crippen LogP contribution is -1.92. The summed E-state index contributed by atoms with van der Waals surface area (Å²) in [7, 11) is 0. The third-order valence-electron chi connectivity index (χ3n) is 2.62. The van der Waals surface area contributed by atoms with E-state index in [-0.39, 0.29) is 0 Å². The zero-order valence-electron chi connectivity index (χ0n) is 8.63. The number of hydrogen-bond donors (Lipinski definition) is 2. The van der Waals surface area contributed by atoms with Crippen LogP contribution in [-0.2, 0) is 0 Å². The number of hydrogen-bond acceptors (Lipinski definition) is 2. The molecule has 78 valence electrons. The van der Waals surface area contributed by atoms with Gasteiger partial charge in [-0.3, -0.25) is 5.10 Å². The Morgan fingerprint density at radius 3 is 2.67 bits per heavy atom. The summed E-state index contributed by atoms with van der Waals surface area (Å²) in [5, 5.41) is 7.31. The molecule has 0 aliphatic carbocycles. The van der Waals surface area contributed by atoms with Crippen LogP contribution in [0.2, 0.25) is 5.02 Å². The van der Waals surface area contributed by atoms with E-state index in [1.54, 1.807) is 6.20 Å². The molecule has 0 unspecified atom stereocenters. The zero-order valence-corrected chi connectivity index (χ0v) is 9.39. The highest BCUT2D eigenvalue weighted by molar-refractivity contribution is 6.33. The van der Waals surface area contributed by atoms with E-state index in [4.69, 9.17) is 17.3 Å². The number of halogens is 1. The Hall–Kier alpha value is -1.48. The highest BCUT2D eigenvalue weighted by Crippen LogP contribution is 2.34. The number of aryl methyl sites for hydroxylation is 1. The molecule has 0 bridgehead atoms. The lowest BCUT2D eigenvalue weighted by atomic mass is 9.99. The first-order valence-electron chi connectivity index (χ1n) is 4.66. The van der Waals surface area contributed by atoms with Crippen LogP contribution in [0.25, 0.3) is 11.1 Å². The molecule has 0 amide bonds. The van der Waals surface area contributed by atoms with E-state index in [9.17, 15) is 0 Å². The number of nitrogens with one attached hydrogen (secondary N) is 1. The van der Waals surface area contributed by atoms with Crippen LogP contribution >= 0.6 is 11.6 Å². The van der Waals surface area contributed by atoms with Gasteiger partial charge in [0.15, 0.2) is 0 Å². The molecule has 3 nitrogen and oxygen atoms in total. The lowest BCUT2D eigenvalue weighted by molar-refractivity contribution is 1.10. The highest BCUT2D eigenvalue weighted by atomic mass is 35.5. The van der Waals surface area contributed by atoms with Gasteiger partial charge in [0.2, 0.25) is 0 Å². The summed E-state index contributed by atoms with van der Waals surface area (Å²) in [6.07, 6.45) is 1.70. The molecule has 0 radical (unpaired) electrons. The van der Waals surface area contributed by atoms with E-state index < -0.39 is 0 Å². The standard InChI is InChI=1S/C11H12ClN3/c1-6-3-4-9(12)10(7(6)2)8-5-14-15-11(8)13/h3-5H,1-2H3,(H3,13,14,15). The maximum Gasteiger partial charge on any atom is 0.126 e. The summed E-state index contributed by atoms with van der Waals surface area (Å²) in [6, 6.07) is 3.88. The molecule has 0 spiro atoms. The van der Waals surface area contributed by atoms with Crippen LogP contribution in [0.4, 0.5) is 5.82 Å². The van der Waals surface area contributed by atoms with Crippen molar-refractivity contribution in [3.63, 3.8) is 0 Å². The van der Waals surface area contributed by atoms with E-state index in [0.29, 0.717) is 10.8 Å². The molecule has 1 aromatic heterocycles. The van der Waals surface area contributed by atoms with Crippen molar-refractivity contribution in [3.8, 4) is 11.1 Å². The van der Waals surface area contributed by atoms with Gasteiger partial charge in [0.1, 0.15) is 5.82 Å². The Kier molecular flexibility index (Phi) is 2.40. The first kappa shape index (κ1) is 10.1. The van der Waals surface area contributed by atoms with Crippen LogP contribution in [0.5, 0.6) is 0 Å². The second-order valence-electron chi connectivity index (χ2n) is 3.56. The molecule has 0 aliphatic rings. The largest absolute Gasteiger partial charge is 0.384 e. The molecule has 0 aliphatic heterocycles. The fourth-order valence-electron chi connectivity index (χ4n) is 1.61. The molecule has 0 saturated heterocycles. The second-order valence-corrected chi connectivity index (χ2v) is 3.97. The number of anilines is 1. The monoisotopic (exact) mass is 221 g/mol. The smallest absolute Gasteiger partial charge is 0.126 e. The van der Waals surface area contributed by atoms with Crippen LogP contribution in [0.3, 0.4) is 0 Å². The molecule has 0 atom stereocenters. The molecular weight excluding hydrogens is 210 g/mol. The number of nitrogens with zero attached hydrogens (tertiary/aromatic N) is 1. The summed E-state index contributed by atoms with van der Waals surface area (Å²) in [6.45, 7) is 4.08. The first-order valence-corrected chi connectivity index (χ1v) is 5.04. The van der Waals surface area contributed by atoms with E-state index in [0.717, 1.165) is 16.7 Å². The van der Waals surface area contributed by atoms with E-state index in [2.05, 4.69) is 10.2 Å². The molecule has 15 heavy (non-hydrogen) atoms. The summed E-state index contributed by atoms with van der Waals surface area (Å²) in [5.41, 5.74) is 9.93. The Morgan fingerprint density at radius 2 is 2.07 bits per heavy atom. The minimum atomic E-state index is 0.547. The van der Waals surface area contributed by atoms with Crippen molar-refractivity contribution in [1.29, 1.82) is 0 Å². The quantitative estimate of drug-likeness (QED) is 0.778.